The molecule has 1 aromatic carbocycles. The van der Waals surface area contributed by atoms with Gasteiger partial charge < -0.3 is 9.64 Å². The first-order valence-corrected chi connectivity index (χ1v) is 12.0. The number of rotatable bonds is 6. The van der Waals surface area contributed by atoms with E-state index in [0.29, 0.717) is 10.6 Å². The topological polar surface area (TPSA) is 96.9 Å². The van der Waals surface area contributed by atoms with Crippen molar-refractivity contribution in [3.8, 4) is 0 Å². The number of ether oxygens (including phenoxy) is 1. The molecule has 0 saturated carbocycles. The van der Waals surface area contributed by atoms with Crippen molar-refractivity contribution in [2.45, 2.75) is 16.8 Å². The average Bonchev–Trinajstić information content (AvgIpc) is 2.77. The molecular weight excluding hydrogens is 426 g/mol. The van der Waals surface area contributed by atoms with Gasteiger partial charge in [0, 0.05) is 32.4 Å². The first-order chi connectivity index (χ1) is 14.3. The van der Waals surface area contributed by atoms with E-state index in [1.165, 1.54) is 21.0 Å². The Kier molecular flexibility index (Phi) is 7.11. The van der Waals surface area contributed by atoms with E-state index in [0.717, 1.165) is 5.56 Å². The van der Waals surface area contributed by atoms with Crippen LogP contribution in [0.15, 0.2) is 52.5 Å². The van der Waals surface area contributed by atoms with Crippen LogP contribution in [-0.2, 0) is 19.6 Å². The molecule has 0 atom stereocenters. The number of benzene rings is 1. The number of amides is 1. The number of aryl methyl sites for hydroxylation is 1. The van der Waals surface area contributed by atoms with Gasteiger partial charge in [0.15, 0.2) is 6.61 Å². The molecular formula is C20H23N3O5S2. The zero-order valence-corrected chi connectivity index (χ0v) is 18.4. The quantitative estimate of drug-likeness (QED) is 0.490. The number of nitrogens with zero attached hydrogens (tertiary/aromatic N) is 3. The van der Waals surface area contributed by atoms with Gasteiger partial charge in [0.05, 0.1) is 10.5 Å². The zero-order valence-electron chi connectivity index (χ0n) is 16.8. The van der Waals surface area contributed by atoms with Crippen LogP contribution < -0.4 is 0 Å². The smallest absolute Gasteiger partial charge is 0.341 e. The summed E-state index contributed by atoms with van der Waals surface area (Å²) in [4.78, 5) is 30.5. The number of hydrogen-bond acceptors (Lipinski definition) is 7. The highest BCUT2D eigenvalue weighted by atomic mass is 32.2. The number of carbonyl (C=O) groups is 2. The van der Waals surface area contributed by atoms with Crippen molar-refractivity contribution in [2.75, 3.05) is 39.0 Å². The lowest BCUT2D eigenvalue weighted by molar-refractivity contribution is -0.135. The number of sulfonamides is 1. The van der Waals surface area contributed by atoms with Crippen molar-refractivity contribution < 1.29 is 22.7 Å². The highest BCUT2D eigenvalue weighted by Crippen LogP contribution is 2.19. The molecule has 1 fully saturated rings. The summed E-state index contributed by atoms with van der Waals surface area (Å²) in [6, 6.07) is 9.91. The number of hydrogen-bond donors (Lipinski definition) is 0. The zero-order chi connectivity index (χ0) is 21.7. The molecule has 0 spiro atoms. The van der Waals surface area contributed by atoms with Gasteiger partial charge in [0.2, 0.25) is 10.0 Å². The Hall–Kier alpha value is -2.43. The van der Waals surface area contributed by atoms with Crippen LogP contribution in [0, 0.1) is 6.92 Å². The standard InChI is InChI=1S/C20H23N3O5S2/c1-15-5-7-16(8-6-15)30(26,27)23-12-10-22(11-13-23)18(24)14-28-20(25)17-4-3-9-21-19(17)29-2/h3-9H,10-14H2,1-2H3. The number of piperazine rings is 1. The Labute approximate surface area is 180 Å². The Bertz CT molecular complexity index is 1020. The summed E-state index contributed by atoms with van der Waals surface area (Å²) in [5.41, 5.74) is 1.29. The average molecular weight is 450 g/mol. The molecule has 8 nitrogen and oxygen atoms in total. The van der Waals surface area contributed by atoms with Crippen molar-refractivity contribution in [1.82, 2.24) is 14.2 Å². The summed E-state index contributed by atoms with van der Waals surface area (Å²) in [5.74, 6) is -0.966. The number of esters is 1. The predicted molar refractivity (Wildman–Crippen MR) is 113 cm³/mol. The lowest BCUT2D eigenvalue weighted by atomic mass is 10.2. The predicted octanol–water partition coefficient (Wildman–Crippen LogP) is 1.80. The third-order valence-corrected chi connectivity index (χ3v) is 7.39. The van der Waals surface area contributed by atoms with Gasteiger partial charge >= 0.3 is 5.97 Å². The molecule has 1 saturated heterocycles. The van der Waals surface area contributed by atoms with Crippen LogP contribution in [0.4, 0.5) is 0 Å². The third-order valence-electron chi connectivity index (χ3n) is 4.76. The monoisotopic (exact) mass is 449 g/mol. The first kappa shape index (κ1) is 22.3. The normalized spacial score (nSPS) is 15.1. The summed E-state index contributed by atoms with van der Waals surface area (Å²) in [6.45, 7) is 2.36. The molecule has 0 bridgehead atoms. The van der Waals surface area contributed by atoms with Crippen LogP contribution in [0.5, 0.6) is 0 Å². The van der Waals surface area contributed by atoms with E-state index in [1.54, 1.807) is 48.9 Å². The maximum Gasteiger partial charge on any atom is 0.341 e. The minimum atomic E-state index is -3.60. The molecule has 3 rings (SSSR count). The van der Waals surface area contributed by atoms with E-state index in [-0.39, 0.29) is 37.0 Å². The van der Waals surface area contributed by atoms with Gasteiger partial charge in [-0.25, -0.2) is 18.2 Å². The second-order valence-corrected chi connectivity index (χ2v) is 9.47. The number of carbonyl (C=O) groups excluding carboxylic acids is 2. The van der Waals surface area contributed by atoms with Crippen molar-refractivity contribution in [3.63, 3.8) is 0 Å². The van der Waals surface area contributed by atoms with Gasteiger partial charge in [-0.1, -0.05) is 17.7 Å². The Morgan fingerprint density at radius 2 is 1.77 bits per heavy atom. The summed E-state index contributed by atoms with van der Waals surface area (Å²) in [7, 11) is -3.60. The minimum absolute atomic E-state index is 0.190. The second kappa shape index (κ2) is 9.59. The summed E-state index contributed by atoms with van der Waals surface area (Å²) in [5, 5.41) is 0.532. The minimum Gasteiger partial charge on any atom is -0.452 e. The molecule has 1 aromatic heterocycles. The highest BCUT2D eigenvalue weighted by Gasteiger charge is 2.30. The van der Waals surface area contributed by atoms with Gasteiger partial charge in [-0.05, 0) is 37.4 Å². The maximum atomic E-state index is 12.8. The van der Waals surface area contributed by atoms with Gasteiger partial charge in [-0.15, -0.1) is 11.8 Å². The Morgan fingerprint density at radius 3 is 2.40 bits per heavy atom. The summed E-state index contributed by atoms with van der Waals surface area (Å²) >= 11 is 1.32. The molecule has 2 aromatic rings. The fourth-order valence-electron chi connectivity index (χ4n) is 3.04. The first-order valence-electron chi connectivity index (χ1n) is 9.33. The largest absolute Gasteiger partial charge is 0.452 e. The van der Waals surface area contributed by atoms with Crippen LogP contribution >= 0.6 is 11.8 Å². The molecule has 1 aliphatic rings. The van der Waals surface area contributed by atoms with Crippen LogP contribution in [-0.4, -0.2) is 73.5 Å². The maximum absolute atomic E-state index is 12.8. The SMILES string of the molecule is CSc1ncccc1C(=O)OCC(=O)N1CCN(S(=O)(=O)c2ccc(C)cc2)CC1. The molecule has 0 N–H and O–H groups in total. The fraction of sp³-hybridized carbons (Fsp3) is 0.350. The lowest BCUT2D eigenvalue weighted by Crippen LogP contribution is -2.51. The van der Waals surface area contributed by atoms with Gasteiger partial charge in [0.25, 0.3) is 5.91 Å². The van der Waals surface area contributed by atoms with E-state index in [4.69, 9.17) is 4.74 Å². The molecule has 1 amide bonds. The van der Waals surface area contributed by atoms with Gasteiger partial charge in [-0.3, -0.25) is 4.79 Å². The lowest BCUT2D eigenvalue weighted by Gasteiger charge is -2.33. The Balaban J connectivity index is 1.54. The number of thioether (sulfide) groups is 1. The van der Waals surface area contributed by atoms with E-state index in [2.05, 4.69) is 4.98 Å². The molecule has 30 heavy (non-hydrogen) atoms. The van der Waals surface area contributed by atoms with Crippen molar-refractivity contribution >= 4 is 33.7 Å². The molecule has 0 aliphatic carbocycles. The van der Waals surface area contributed by atoms with Crippen molar-refractivity contribution in [2.24, 2.45) is 0 Å². The van der Waals surface area contributed by atoms with E-state index in [9.17, 15) is 18.0 Å². The molecule has 2 heterocycles. The van der Waals surface area contributed by atoms with Gasteiger partial charge in [0.1, 0.15) is 5.03 Å². The molecule has 160 valence electrons. The van der Waals surface area contributed by atoms with Crippen LogP contribution in [0.25, 0.3) is 0 Å². The van der Waals surface area contributed by atoms with E-state index in [1.807, 2.05) is 6.92 Å². The van der Waals surface area contributed by atoms with Crippen LogP contribution in [0.2, 0.25) is 0 Å². The highest BCUT2D eigenvalue weighted by molar-refractivity contribution is 7.98. The van der Waals surface area contributed by atoms with E-state index < -0.39 is 22.6 Å². The third kappa shape index (κ3) is 5.00. The van der Waals surface area contributed by atoms with Crippen molar-refractivity contribution in [3.05, 3.63) is 53.7 Å². The molecule has 0 radical (unpaired) electrons. The van der Waals surface area contributed by atoms with Gasteiger partial charge in [-0.2, -0.15) is 4.31 Å². The summed E-state index contributed by atoms with van der Waals surface area (Å²) < 4.78 is 32.0. The number of pyridine rings is 1. The van der Waals surface area contributed by atoms with Crippen LogP contribution in [0.1, 0.15) is 15.9 Å². The summed E-state index contributed by atoms with van der Waals surface area (Å²) in [6.07, 6.45) is 3.38. The van der Waals surface area contributed by atoms with Crippen molar-refractivity contribution in [1.29, 1.82) is 0 Å². The Morgan fingerprint density at radius 1 is 1.10 bits per heavy atom. The molecule has 10 heteroatoms. The second-order valence-electron chi connectivity index (χ2n) is 6.73. The number of aromatic nitrogens is 1. The molecule has 1 aliphatic heterocycles. The van der Waals surface area contributed by atoms with E-state index >= 15 is 0 Å². The fourth-order valence-corrected chi connectivity index (χ4v) is 5.00. The van der Waals surface area contributed by atoms with Crippen LogP contribution in [0.3, 0.4) is 0 Å². The molecule has 0 unspecified atom stereocenters.